The zero-order valence-corrected chi connectivity index (χ0v) is 15.9. The van der Waals surface area contributed by atoms with Crippen molar-refractivity contribution in [2.45, 2.75) is 0 Å². The van der Waals surface area contributed by atoms with Crippen LogP contribution in [0.4, 0.5) is 0 Å². The fourth-order valence-corrected chi connectivity index (χ4v) is 1.97. The van der Waals surface area contributed by atoms with Crippen LogP contribution in [0.15, 0.2) is 78.9 Å². The number of aromatic hydroxyl groups is 1. The average molecular weight is 426 g/mol. The molecule has 0 aromatic heterocycles. The van der Waals surface area contributed by atoms with E-state index in [1.54, 1.807) is 24.3 Å². The van der Waals surface area contributed by atoms with E-state index in [-0.39, 0.29) is 22.3 Å². The maximum Gasteiger partial charge on any atom is 0.335 e. The van der Waals surface area contributed by atoms with Crippen molar-refractivity contribution in [1.29, 1.82) is 0 Å². The summed E-state index contributed by atoms with van der Waals surface area (Å²) >= 11 is 0. The highest BCUT2D eigenvalue weighted by Gasteiger charge is 2.07. The summed E-state index contributed by atoms with van der Waals surface area (Å²) in [7, 11) is 0. The average Bonchev–Trinajstić information content (AvgIpc) is 2.75. The lowest BCUT2D eigenvalue weighted by atomic mass is 10.1. The number of carboxylic acid groups (broad SMARTS) is 4. The van der Waals surface area contributed by atoms with Gasteiger partial charge in [0.15, 0.2) is 0 Å². The molecule has 0 heterocycles. The second kappa shape index (κ2) is 12.0. The minimum absolute atomic E-state index is 0.0186. The molecule has 0 spiro atoms. The van der Waals surface area contributed by atoms with E-state index in [0.29, 0.717) is 5.75 Å². The highest BCUT2D eigenvalue weighted by molar-refractivity contribution is 5.93. The van der Waals surface area contributed by atoms with E-state index in [9.17, 15) is 19.2 Å². The Morgan fingerprint density at radius 2 is 0.806 bits per heavy atom. The molecule has 3 aromatic rings. The van der Waals surface area contributed by atoms with Crippen LogP contribution in [0.3, 0.4) is 0 Å². The maximum atomic E-state index is 10.4. The van der Waals surface area contributed by atoms with Gasteiger partial charge in [0.05, 0.1) is 22.3 Å². The number of benzene rings is 3. The zero-order valence-electron chi connectivity index (χ0n) is 15.9. The molecular formula is C22H18O9. The van der Waals surface area contributed by atoms with Crippen molar-refractivity contribution in [3.8, 4) is 5.75 Å². The normalized spacial score (nSPS) is 9.16. The molecule has 0 fully saturated rings. The van der Waals surface area contributed by atoms with Gasteiger partial charge >= 0.3 is 23.9 Å². The first-order valence-electron chi connectivity index (χ1n) is 8.49. The topological polar surface area (TPSA) is 169 Å². The van der Waals surface area contributed by atoms with Crippen molar-refractivity contribution in [1.82, 2.24) is 0 Å². The van der Waals surface area contributed by atoms with Gasteiger partial charge in [0.1, 0.15) is 5.75 Å². The maximum absolute atomic E-state index is 10.4. The van der Waals surface area contributed by atoms with Gasteiger partial charge in [-0.25, -0.2) is 19.2 Å². The van der Waals surface area contributed by atoms with Crippen LogP contribution in [0, 0.1) is 0 Å². The molecule has 0 bridgehead atoms. The molecular weight excluding hydrogens is 408 g/mol. The van der Waals surface area contributed by atoms with Crippen molar-refractivity contribution < 1.29 is 44.7 Å². The molecule has 0 radical (unpaired) electrons. The van der Waals surface area contributed by atoms with Crippen molar-refractivity contribution in [2.75, 3.05) is 0 Å². The Bertz CT molecular complexity index is 980. The summed E-state index contributed by atoms with van der Waals surface area (Å²) in [6.45, 7) is 0. The molecule has 31 heavy (non-hydrogen) atoms. The van der Waals surface area contributed by atoms with Crippen molar-refractivity contribution in [2.24, 2.45) is 0 Å². The van der Waals surface area contributed by atoms with E-state index >= 15 is 0 Å². The van der Waals surface area contributed by atoms with Gasteiger partial charge in [-0.2, -0.15) is 0 Å². The molecule has 0 unspecified atom stereocenters. The standard InChI is InChI=1S/2C8H6O4.C6H6O/c9-7(10)5-1-2-6(4-3-5)8(11)12;9-7(10)5-2-1-3-6(4-5)8(11)12;7-6-4-2-1-3-5-6/h2*1-4H,(H,9,10)(H,11,12);1-5,7H. The van der Waals surface area contributed by atoms with Crippen molar-refractivity contribution in [3.63, 3.8) is 0 Å². The Morgan fingerprint density at radius 3 is 1.06 bits per heavy atom. The lowest BCUT2D eigenvalue weighted by molar-refractivity contribution is 0.0681. The number of carboxylic acids is 4. The summed E-state index contributed by atoms with van der Waals surface area (Å²) < 4.78 is 0. The second-order valence-corrected chi connectivity index (χ2v) is 5.71. The van der Waals surface area contributed by atoms with E-state index in [4.69, 9.17) is 25.5 Å². The molecule has 3 aromatic carbocycles. The lowest BCUT2D eigenvalue weighted by Crippen LogP contribution is -2.01. The second-order valence-electron chi connectivity index (χ2n) is 5.71. The number of phenolic OH excluding ortho intramolecular Hbond substituents is 1. The first kappa shape index (κ1) is 24.4. The van der Waals surface area contributed by atoms with Crippen LogP contribution in [0.2, 0.25) is 0 Å². The van der Waals surface area contributed by atoms with Crippen LogP contribution in [0.1, 0.15) is 41.4 Å². The largest absolute Gasteiger partial charge is 0.508 e. The minimum Gasteiger partial charge on any atom is -0.508 e. The van der Waals surface area contributed by atoms with Gasteiger partial charge in [-0.3, -0.25) is 0 Å². The number of hydrogen-bond acceptors (Lipinski definition) is 5. The molecule has 9 heteroatoms. The Labute approximate surface area is 176 Å². The van der Waals surface area contributed by atoms with Gasteiger partial charge in [-0.05, 0) is 54.6 Å². The van der Waals surface area contributed by atoms with Crippen LogP contribution >= 0.6 is 0 Å². The van der Waals surface area contributed by atoms with E-state index in [2.05, 4.69) is 0 Å². The SMILES string of the molecule is O=C(O)c1ccc(C(=O)O)cc1.O=C(O)c1cccc(C(=O)O)c1.Oc1ccccc1. The molecule has 5 N–H and O–H groups in total. The number of phenols is 1. The first-order chi connectivity index (χ1) is 14.6. The van der Waals surface area contributed by atoms with Crippen LogP contribution in [0.25, 0.3) is 0 Å². The third-order valence-electron chi connectivity index (χ3n) is 3.49. The van der Waals surface area contributed by atoms with E-state index in [1.165, 1.54) is 42.5 Å². The molecule has 0 amide bonds. The van der Waals surface area contributed by atoms with Crippen LogP contribution in [0.5, 0.6) is 5.75 Å². The van der Waals surface area contributed by atoms with Gasteiger partial charge in [0.2, 0.25) is 0 Å². The monoisotopic (exact) mass is 426 g/mol. The minimum atomic E-state index is -1.13. The summed E-state index contributed by atoms with van der Waals surface area (Å²) in [6.07, 6.45) is 0. The molecule has 3 rings (SSSR count). The fraction of sp³-hybridized carbons (Fsp3) is 0. The Hall–Kier alpha value is -4.66. The molecule has 0 saturated carbocycles. The summed E-state index contributed by atoms with van der Waals surface area (Å²) in [6, 6.07) is 18.9. The van der Waals surface area contributed by atoms with Crippen LogP contribution in [-0.2, 0) is 0 Å². The quantitative estimate of drug-likeness (QED) is 0.418. The zero-order chi connectivity index (χ0) is 23.4. The molecule has 9 nitrogen and oxygen atoms in total. The highest BCUT2D eigenvalue weighted by atomic mass is 16.4. The van der Waals surface area contributed by atoms with Crippen LogP contribution in [-0.4, -0.2) is 49.4 Å². The molecule has 0 atom stereocenters. The molecule has 160 valence electrons. The smallest absolute Gasteiger partial charge is 0.335 e. The summed E-state index contributed by atoms with van der Waals surface area (Å²) in [4.78, 5) is 41.4. The Morgan fingerprint density at radius 1 is 0.452 bits per heavy atom. The summed E-state index contributed by atoms with van der Waals surface area (Å²) in [5.41, 5.74) is 0.129. The van der Waals surface area contributed by atoms with E-state index in [1.807, 2.05) is 6.07 Å². The predicted octanol–water partition coefficient (Wildman–Crippen LogP) is 3.56. The first-order valence-corrected chi connectivity index (χ1v) is 8.49. The number of aromatic carboxylic acids is 4. The number of hydrogen-bond donors (Lipinski definition) is 5. The van der Waals surface area contributed by atoms with E-state index < -0.39 is 23.9 Å². The van der Waals surface area contributed by atoms with Crippen LogP contribution < -0.4 is 0 Å². The molecule has 0 aliphatic carbocycles. The molecule has 0 aliphatic rings. The number of rotatable bonds is 4. The van der Waals surface area contributed by atoms with Crippen molar-refractivity contribution in [3.05, 3.63) is 101 Å². The fourth-order valence-electron chi connectivity index (χ4n) is 1.97. The third-order valence-corrected chi connectivity index (χ3v) is 3.49. The predicted molar refractivity (Wildman–Crippen MR) is 109 cm³/mol. The summed E-state index contributed by atoms with van der Waals surface area (Å²) in [5.74, 6) is -4.06. The molecule has 0 saturated heterocycles. The highest BCUT2D eigenvalue weighted by Crippen LogP contribution is 2.05. The van der Waals surface area contributed by atoms with Gasteiger partial charge in [0, 0.05) is 0 Å². The van der Waals surface area contributed by atoms with Gasteiger partial charge in [0.25, 0.3) is 0 Å². The van der Waals surface area contributed by atoms with Gasteiger partial charge < -0.3 is 25.5 Å². The number of carbonyl (C=O) groups is 4. The van der Waals surface area contributed by atoms with E-state index in [0.717, 1.165) is 6.07 Å². The Balaban J connectivity index is 0.000000241. The Kier molecular flexibility index (Phi) is 9.45. The molecule has 0 aliphatic heterocycles. The van der Waals surface area contributed by atoms with Crippen molar-refractivity contribution >= 4 is 23.9 Å². The number of para-hydroxylation sites is 1. The van der Waals surface area contributed by atoms with Gasteiger partial charge in [-0.15, -0.1) is 0 Å². The summed E-state index contributed by atoms with van der Waals surface area (Å²) in [5, 5.41) is 42.6. The van der Waals surface area contributed by atoms with Gasteiger partial charge in [-0.1, -0.05) is 24.3 Å². The lowest BCUT2D eigenvalue weighted by Gasteiger charge is -1.95. The third kappa shape index (κ3) is 8.92.